The number of anilines is 1. The predicted molar refractivity (Wildman–Crippen MR) is 139 cm³/mol. The molecule has 0 fully saturated rings. The number of carbonyl (C=O) groups is 2. The van der Waals surface area contributed by atoms with Crippen molar-refractivity contribution in [1.29, 1.82) is 0 Å². The summed E-state index contributed by atoms with van der Waals surface area (Å²) < 4.78 is 31.3. The molecule has 1 atom stereocenters. The fourth-order valence-corrected chi connectivity index (χ4v) is 4.79. The van der Waals surface area contributed by atoms with Gasteiger partial charge in [-0.15, -0.1) is 0 Å². The van der Waals surface area contributed by atoms with Crippen molar-refractivity contribution in [3.63, 3.8) is 0 Å². The molecular formula is C25H34ClN3O5S. The SMILES string of the molecule is COc1ccc(N(CCCC(=O)N(Cc2ccccc2)C(C)C(=O)NC(C)C)S(C)(=O)=O)cc1Cl. The Balaban J connectivity index is 2.16. The fourth-order valence-electron chi connectivity index (χ4n) is 3.58. The summed E-state index contributed by atoms with van der Waals surface area (Å²) in [4.78, 5) is 27.4. The fraction of sp³-hybridized carbons (Fsp3) is 0.440. The van der Waals surface area contributed by atoms with E-state index in [9.17, 15) is 18.0 Å². The number of nitrogens with one attached hydrogen (secondary N) is 1. The van der Waals surface area contributed by atoms with Gasteiger partial charge in [0.15, 0.2) is 0 Å². The van der Waals surface area contributed by atoms with E-state index in [4.69, 9.17) is 16.3 Å². The maximum Gasteiger partial charge on any atom is 0.242 e. The second-order valence-electron chi connectivity index (χ2n) is 8.60. The van der Waals surface area contributed by atoms with Crippen LogP contribution in [-0.2, 0) is 26.2 Å². The lowest BCUT2D eigenvalue weighted by Gasteiger charge is -2.30. The van der Waals surface area contributed by atoms with Crippen LogP contribution in [0.1, 0.15) is 39.2 Å². The van der Waals surface area contributed by atoms with E-state index in [1.54, 1.807) is 19.1 Å². The summed E-state index contributed by atoms with van der Waals surface area (Å²) in [6.45, 7) is 5.77. The van der Waals surface area contributed by atoms with Gasteiger partial charge in [0, 0.05) is 25.6 Å². The standard InChI is InChI=1S/C25H34ClN3O5S/c1-18(2)27-25(31)19(3)28(17-20-10-7-6-8-11-20)24(30)12-9-15-29(35(5,32)33)21-13-14-23(34-4)22(26)16-21/h6-8,10-11,13-14,16,18-19H,9,12,15,17H2,1-5H3,(H,27,31). The van der Waals surface area contributed by atoms with Gasteiger partial charge in [0.2, 0.25) is 21.8 Å². The Hall–Kier alpha value is -2.78. The highest BCUT2D eigenvalue weighted by Crippen LogP contribution is 2.30. The molecule has 0 radical (unpaired) electrons. The van der Waals surface area contributed by atoms with Crippen LogP contribution in [0.5, 0.6) is 5.75 Å². The molecule has 35 heavy (non-hydrogen) atoms. The first-order chi connectivity index (χ1) is 16.4. The maximum atomic E-state index is 13.2. The zero-order valence-electron chi connectivity index (χ0n) is 20.8. The predicted octanol–water partition coefficient (Wildman–Crippen LogP) is 3.84. The summed E-state index contributed by atoms with van der Waals surface area (Å²) in [6, 6.07) is 13.4. The van der Waals surface area contributed by atoms with Crippen LogP contribution in [0.2, 0.25) is 5.02 Å². The Morgan fingerprint density at radius 3 is 2.29 bits per heavy atom. The number of carbonyl (C=O) groups excluding carboxylic acids is 2. The first kappa shape index (κ1) is 28.5. The van der Waals surface area contributed by atoms with Crippen LogP contribution in [-0.4, -0.2) is 57.1 Å². The third kappa shape index (κ3) is 8.43. The number of amides is 2. The number of benzene rings is 2. The molecule has 1 N–H and O–H groups in total. The molecule has 8 nitrogen and oxygen atoms in total. The first-order valence-corrected chi connectivity index (χ1v) is 13.6. The van der Waals surface area contributed by atoms with Crippen molar-refractivity contribution in [2.24, 2.45) is 0 Å². The normalized spacial score (nSPS) is 12.2. The smallest absolute Gasteiger partial charge is 0.242 e. The topological polar surface area (TPSA) is 96.0 Å². The van der Waals surface area contributed by atoms with Crippen LogP contribution < -0.4 is 14.4 Å². The molecule has 10 heteroatoms. The van der Waals surface area contributed by atoms with Crippen molar-refractivity contribution in [3.05, 3.63) is 59.1 Å². The Labute approximate surface area is 213 Å². The largest absolute Gasteiger partial charge is 0.495 e. The highest BCUT2D eigenvalue weighted by atomic mass is 35.5. The molecule has 0 spiro atoms. The molecule has 0 aliphatic carbocycles. The van der Waals surface area contributed by atoms with Crippen molar-refractivity contribution in [2.45, 2.75) is 52.2 Å². The average molecular weight is 524 g/mol. The van der Waals surface area contributed by atoms with Crippen LogP contribution in [0.15, 0.2) is 48.5 Å². The van der Waals surface area contributed by atoms with E-state index in [1.165, 1.54) is 22.4 Å². The number of nitrogens with zero attached hydrogens (tertiary/aromatic N) is 2. The van der Waals surface area contributed by atoms with Crippen LogP contribution in [0.4, 0.5) is 5.69 Å². The van der Waals surface area contributed by atoms with Gasteiger partial charge in [0.25, 0.3) is 0 Å². The van der Waals surface area contributed by atoms with Crippen molar-refractivity contribution in [3.8, 4) is 5.75 Å². The summed E-state index contributed by atoms with van der Waals surface area (Å²) in [6.07, 6.45) is 1.44. The van der Waals surface area contributed by atoms with E-state index in [-0.39, 0.29) is 48.8 Å². The third-order valence-corrected chi connectivity index (χ3v) is 6.86. The molecule has 1 unspecified atom stereocenters. The lowest BCUT2D eigenvalue weighted by molar-refractivity contribution is -0.140. The summed E-state index contributed by atoms with van der Waals surface area (Å²) in [5.41, 5.74) is 1.28. The number of rotatable bonds is 12. The second-order valence-corrected chi connectivity index (χ2v) is 10.9. The summed E-state index contributed by atoms with van der Waals surface area (Å²) in [7, 11) is -2.14. The van der Waals surface area contributed by atoms with Gasteiger partial charge in [-0.25, -0.2) is 8.42 Å². The van der Waals surface area contributed by atoms with E-state index in [2.05, 4.69) is 5.32 Å². The number of methoxy groups -OCH3 is 1. The van der Waals surface area contributed by atoms with Gasteiger partial charge >= 0.3 is 0 Å². The second kappa shape index (κ2) is 12.8. The maximum absolute atomic E-state index is 13.2. The number of ether oxygens (including phenoxy) is 1. The van der Waals surface area contributed by atoms with Crippen LogP contribution in [0.25, 0.3) is 0 Å². The summed E-state index contributed by atoms with van der Waals surface area (Å²) >= 11 is 6.18. The highest BCUT2D eigenvalue weighted by molar-refractivity contribution is 7.92. The number of sulfonamides is 1. The number of hydrogen-bond acceptors (Lipinski definition) is 5. The molecule has 0 aliphatic heterocycles. The molecule has 0 saturated carbocycles. The van der Waals surface area contributed by atoms with Crippen LogP contribution >= 0.6 is 11.6 Å². The van der Waals surface area contributed by atoms with Gasteiger partial charge in [-0.05, 0) is 51.0 Å². The first-order valence-electron chi connectivity index (χ1n) is 11.4. The monoisotopic (exact) mass is 523 g/mol. The molecule has 0 heterocycles. The minimum absolute atomic E-state index is 0.0572. The molecule has 2 rings (SSSR count). The molecule has 2 aromatic carbocycles. The number of hydrogen-bond donors (Lipinski definition) is 1. The van der Waals surface area contributed by atoms with Crippen molar-refractivity contribution < 1.29 is 22.7 Å². The summed E-state index contributed by atoms with van der Waals surface area (Å²) in [5.74, 6) is -0.0411. The molecular weight excluding hydrogens is 490 g/mol. The molecule has 0 aromatic heterocycles. The van der Waals surface area contributed by atoms with E-state index >= 15 is 0 Å². The van der Waals surface area contributed by atoms with Crippen LogP contribution in [0, 0.1) is 0 Å². The Kier molecular flexibility index (Phi) is 10.4. The lowest BCUT2D eigenvalue weighted by atomic mass is 10.1. The van der Waals surface area contributed by atoms with Gasteiger partial charge in [-0.1, -0.05) is 41.9 Å². The Morgan fingerprint density at radius 2 is 1.74 bits per heavy atom. The van der Waals surface area contributed by atoms with Crippen molar-refractivity contribution in [1.82, 2.24) is 10.2 Å². The zero-order valence-corrected chi connectivity index (χ0v) is 22.4. The van der Waals surface area contributed by atoms with Gasteiger partial charge in [-0.2, -0.15) is 0 Å². The van der Waals surface area contributed by atoms with Crippen molar-refractivity contribution >= 4 is 39.1 Å². The molecule has 2 aromatic rings. The zero-order chi connectivity index (χ0) is 26.2. The van der Waals surface area contributed by atoms with E-state index in [0.717, 1.165) is 11.8 Å². The molecule has 192 valence electrons. The van der Waals surface area contributed by atoms with E-state index < -0.39 is 16.1 Å². The van der Waals surface area contributed by atoms with E-state index in [0.29, 0.717) is 11.4 Å². The molecule has 0 saturated heterocycles. The highest BCUT2D eigenvalue weighted by Gasteiger charge is 2.27. The Bertz CT molecular complexity index is 1110. The summed E-state index contributed by atoms with van der Waals surface area (Å²) in [5, 5.41) is 3.14. The third-order valence-electron chi connectivity index (χ3n) is 5.37. The van der Waals surface area contributed by atoms with Gasteiger partial charge < -0.3 is 15.0 Å². The molecule has 2 amide bonds. The van der Waals surface area contributed by atoms with Crippen LogP contribution in [0.3, 0.4) is 0 Å². The minimum atomic E-state index is -3.62. The lowest BCUT2D eigenvalue weighted by Crippen LogP contribution is -2.49. The van der Waals surface area contributed by atoms with E-state index in [1.807, 2.05) is 44.2 Å². The van der Waals surface area contributed by atoms with Crippen molar-refractivity contribution in [2.75, 3.05) is 24.2 Å². The van der Waals surface area contributed by atoms with Gasteiger partial charge in [0.1, 0.15) is 11.8 Å². The molecule has 0 bridgehead atoms. The minimum Gasteiger partial charge on any atom is -0.495 e. The quantitative estimate of drug-likeness (QED) is 0.456. The number of halogens is 1. The Morgan fingerprint density at radius 1 is 1.09 bits per heavy atom. The molecule has 0 aliphatic rings. The van der Waals surface area contributed by atoms with Gasteiger partial charge in [-0.3, -0.25) is 13.9 Å². The van der Waals surface area contributed by atoms with Gasteiger partial charge in [0.05, 0.1) is 24.1 Å². The average Bonchev–Trinajstić information content (AvgIpc) is 2.79.